The molecule has 3 nitrogen and oxygen atoms in total. The normalized spacial score (nSPS) is 18.9. The van der Waals surface area contributed by atoms with Crippen LogP contribution in [0.3, 0.4) is 0 Å². The first-order chi connectivity index (χ1) is 7.72. The molecule has 16 heavy (non-hydrogen) atoms. The average molecular weight is 216 g/mol. The lowest BCUT2D eigenvalue weighted by Crippen LogP contribution is -1.98. The van der Waals surface area contributed by atoms with Crippen LogP contribution in [0.4, 0.5) is 0 Å². The number of aliphatic hydroxyl groups is 1. The summed E-state index contributed by atoms with van der Waals surface area (Å²) in [6.07, 6.45) is 4.13. The van der Waals surface area contributed by atoms with Crippen molar-refractivity contribution in [1.82, 2.24) is 0 Å². The quantitative estimate of drug-likeness (QED) is 0.608. The molecule has 1 heterocycles. The van der Waals surface area contributed by atoms with Crippen molar-refractivity contribution in [3.05, 3.63) is 53.6 Å². The minimum absolute atomic E-state index is 0.366. The maximum atomic E-state index is 11.5. The van der Waals surface area contributed by atoms with E-state index in [9.17, 15) is 9.90 Å². The van der Waals surface area contributed by atoms with Crippen molar-refractivity contribution >= 4 is 11.7 Å². The molecule has 82 valence electrons. The number of hydrogen-bond donors (Lipinski definition) is 1. The second-order valence-electron chi connectivity index (χ2n) is 3.48. The number of cyclic esters (lactones) is 1. The average Bonchev–Trinajstić information content (AvgIpc) is 2.57. The summed E-state index contributed by atoms with van der Waals surface area (Å²) in [6.45, 7) is 1.82. The summed E-state index contributed by atoms with van der Waals surface area (Å²) in [7, 11) is 0. The summed E-state index contributed by atoms with van der Waals surface area (Å²) in [5.41, 5.74) is 1.28. The van der Waals surface area contributed by atoms with Crippen molar-refractivity contribution in [3.8, 4) is 0 Å². The first-order valence-corrected chi connectivity index (χ1v) is 5.06. The summed E-state index contributed by atoms with van der Waals surface area (Å²) < 4.78 is 5.08. The standard InChI is InChI=1S/C13H12O3/c1-2-5-9(14)8-12-10-6-3-4-7-11(10)13(15)16-12/h2-9,14H,1H3/b5-2+,12-8-. The number of esters is 1. The van der Waals surface area contributed by atoms with Crippen molar-refractivity contribution in [3.63, 3.8) is 0 Å². The fourth-order valence-electron chi connectivity index (χ4n) is 1.62. The lowest BCUT2D eigenvalue weighted by atomic mass is 10.1. The Balaban J connectivity index is 2.37. The monoisotopic (exact) mass is 216 g/mol. The van der Waals surface area contributed by atoms with Gasteiger partial charge in [0.2, 0.25) is 0 Å². The first kappa shape index (κ1) is 10.6. The van der Waals surface area contributed by atoms with Crippen molar-refractivity contribution in [2.24, 2.45) is 0 Å². The topological polar surface area (TPSA) is 46.5 Å². The number of ether oxygens (including phenoxy) is 1. The minimum Gasteiger partial charge on any atom is -0.422 e. The van der Waals surface area contributed by atoms with E-state index in [1.54, 1.807) is 30.4 Å². The maximum Gasteiger partial charge on any atom is 0.344 e. The van der Waals surface area contributed by atoms with Crippen molar-refractivity contribution < 1.29 is 14.6 Å². The molecule has 1 unspecified atom stereocenters. The van der Waals surface area contributed by atoms with Crippen LogP contribution in [0.5, 0.6) is 0 Å². The number of fused-ring (bicyclic) bond motifs is 1. The lowest BCUT2D eigenvalue weighted by Gasteiger charge is -2.01. The molecule has 1 aromatic rings. The fraction of sp³-hybridized carbons (Fsp3) is 0.154. The van der Waals surface area contributed by atoms with Crippen LogP contribution < -0.4 is 0 Å². The molecule has 3 heteroatoms. The molecule has 0 bridgehead atoms. The Morgan fingerprint density at radius 3 is 2.69 bits per heavy atom. The van der Waals surface area contributed by atoms with Gasteiger partial charge < -0.3 is 9.84 Å². The zero-order valence-electron chi connectivity index (χ0n) is 8.88. The molecule has 1 N–H and O–H groups in total. The molecule has 0 spiro atoms. The van der Waals surface area contributed by atoms with Crippen LogP contribution >= 0.6 is 0 Å². The largest absolute Gasteiger partial charge is 0.422 e. The number of hydrogen-bond acceptors (Lipinski definition) is 3. The van der Waals surface area contributed by atoms with Gasteiger partial charge in [-0.2, -0.15) is 0 Å². The SMILES string of the molecule is C/C=C/C(O)/C=C1\OC(=O)c2ccccc21. The Kier molecular flexibility index (Phi) is 2.88. The van der Waals surface area contributed by atoms with Crippen molar-refractivity contribution in [2.75, 3.05) is 0 Å². The van der Waals surface area contributed by atoms with Gasteiger partial charge in [0.25, 0.3) is 0 Å². The Morgan fingerprint density at radius 2 is 2.00 bits per heavy atom. The smallest absolute Gasteiger partial charge is 0.344 e. The van der Waals surface area contributed by atoms with Gasteiger partial charge in [0.15, 0.2) is 0 Å². The number of carbonyl (C=O) groups is 1. The Labute approximate surface area is 93.7 Å². The van der Waals surface area contributed by atoms with E-state index in [-0.39, 0.29) is 5.97 Å². The molecule has 0 aromatic heterocycles. The van der Waals surface area contributed by atoms with Gasteiger partial charge in [0, 0.05) is 5.56 Å². The highest BCUT2D eigenvalue weighted by molar-refractivity contribution is 6.02. The van der Waals surface area contributed by atoms with Crippen LogP contribution in [0.1, 0.15) is 22.8 Å². The predicted octanol–water partition coefficient (Wildman–Crippen LogP) is 2.13. The zero-order valence-corrected chi connectivity index (χ0v) is 8.88. The van der Waals surface area contributed by atoms with Crippen LogP contribution in [-0.2, 0) is 4.74 Å². The molecule has 1 aliphatic heterocycles. The molecule has 0 saturated heterocycles. The summed E-state index contributed by atoms with van der Waals surface area (Å²) in [6, 6.07) is 7.12. The van der Waals surface area contributed by atoms with Crippen LogP contribution in [0, 0.1) is 0 Å². The summed E-state index contributed by atoms with van der Waals surface area (Å²) in [5, 5.41) is 9.57. The third-order valence-electron chi connectivity index (χ3n) is 2.33. The molecule has 1 atom stereocenters. The molecule has 2 rings (SSSR count). The minimum atomic E-state index is -0.737. The van der Waals surface area contributed by atoms with Crippen molar-refractivity contribution in [1.29, 1.82) is 0 Å². The zero-order chi connectivity index (χ0) is 11.5. The fourth-order valence-corrected chi connectivity index (χ4v) is 1.62. The molecule has 1 aliphatic rings. The lowest BCUT2D eigenvalue weighted by molar-refractivity contribution is 0.0714. The van der Waals surface area contributed by atoms with Gasteiger partial charge in [-0.3, -0.25) is 0 Å². The number of allylic oxidation sites excluding steroid dienone is 1. The van der Waals surface area contributed by atoms with Crippen LogP contribution in [0.15, 0.2) is 42.5 Å². The third-order valence-corrected chi connectivity index (χ3v) is 2.33. The third kappa shape index (κ3) is 1.90. The van der Waals surface area contributed by atoms with E-state index in [0.29, 0.717) is 11.3 Å². The highest BCUT2D eigenvalue weighted by Crippen LogP contribution is 2.29. The van der Waals surface area contributed by atoms with E-state index < -0.39 is 6.10 Å². The predicted molar refractivity (Wildman–Crippen MR) is 60.7 cm³/mol. The van der Waals surface area contributed by atoms with Gasteiger partial charge >= 0.3 is 5.97 Å². The Bertz CT molecular complexity index is 472. The molecule has 0 radical (unpaired) electrons. The second kappa shape index (κ2) is 4.33. The van der Waals surface area contributed by atoms with Gasteiger partial charge in [-0.1, -0.05) is 30.4 Å². The van der Waals surface area contributed by atoms with E-state index >= 15 is 0 Å². The van der Waals surface area contributed by atoms with E-state index in [4.69, 9.17) is 4.74 Å². The van der Waals surface area contributed by atoms with Gasteiger partial charge in [0.1, 0.15) is 5.76 Å². The molecular formula is C13H12O3. The highest BCUT2D eigenvalue weighted by Gasteiger charge is 2.25. The summed E-state index contributed by atoms with van der Waals surface area (Å²) in [4.78, 5) is 11.5. The summed E-state index contributed by atoms with van der Waals surface area (Å²) >= 11 is 0. The van der Waals surface area contributed by atoms with Crippen LogP contribution in [0.2, 0.25) is 0 Å². The second-order valence-corrected chi connectivity index (χ2v) is 3.48. The number of carbonyl (C=O) groups excluding carboxylic acids is 1. The van der Waals surface area contributed by atoms with E-state index in [1.807, 2.05) is 13.0 Å². The van der Waals surface area contributed by atoms with Crippen LogP contribution in [-0.4, -0.2) is 17.2 Å². The number of benzene rings is 1. The van der Waals surface area contributed by atoms with Gasteiger partial charge in [-0.15, -0.1) is 0 Å². The molecule has 0 fully saturated rings. The number of aliphatic hydroxyl groups excluding tert-OH is 1. The Hall–Kier alpha value is -1.87. The van der Waals surface area contributed by atoms with Gasteiger partial charge in [0.05, 0.1) is 11.7 Å². The molecule has 1 aromatic carbocycles. The van der Waals surface area contributed by atoms with Gasteiger partial charge in [-0.25, -0.2) is 4.79 Å². The van der Waals surface area contributed by atoms with Gasteiger partial charge in [-0.05, 0) is 19.1 Å². The highest BCUT2D eigenvalue weighted by atomic mass is 16.5. The van der Waals surface area contributed by atoms with E-state index in [1.165, 1.54) is 6.08 Å². The number of rotatable bonds is 2. The molecular weight excluding hydrogens is 204 g/mol. The maximum absolute atomic E-state index is 11.5. The first-order valence-electron chi connectivity index (χ1n) is 5.06. The van der Waals surface area contributed by atoms with E-state index in [0.717, 1.165) is 5.56 Å². The van der Waals surface area contributed by atoms with Crippen LogP contribution in [0.25, 0.3) is 5.76 Å². The van der Waals surface area contributed by atoms with E-state index in [2.05, 4.69) is 0 Å². The molecule has 0 saturated carbocycles. The van der Waals surface area contributed by atoms with Crippen molar-refractivity contribution in [2.45, 2.75) is 13.0 Å². The molecule has 0 aliphatic carbocycles. The Morgan fingerprint density at radius 1 is 1.31 bits per heavy atom. The molecule has 0 amide bonds. The summed E-state index contributed by atoms with van der Waals surface area (Å²) in [5.74, 6) is 0.0562.